The molecular weight excluding hydrogens is 310 g/mol. The van der Waals surface area contributed by atoms with Crippen molar-refractivity contribution in [3.05, 3.63) is 29.3 Å². The molecule has 0 bridgehead atoms. The fourth-order valence-corrected chi connectivity index (χ4v) is 2.73. The number of esters is 1. The first kappa shape index (κ1) is 17.9. The predicted molar refractivity (Wildman–Crippen MR) is 85.7 cm³/mol. The topological polar surface area (TPSA) is 55.4 Å². The molecule has 1 amide bonds. The summed E-state index contributed by atoms with van der Waals surface area (Å²) in [5, 5.41) is 3.52. The van der Waals surface area contributed by atoms with Gasteiger partial charge >= 0.3 is 5.97 Å². The smallest absolute Gasteiger partial charge is 0.305 e. The number of amides is 1. The zero-order chi connectivity index (χ0) is 15.5. The Morgan fingerprint density at radius 3 is 2.71 bits per heavy atom. The Labute approximate surface area is 134 Å². The van der Waals surface area contributed by atoms with Crippen molar-refractivity contribution in [2.24, 2.45) is 0 Å². The maximum Gasteiger partial charge on any atom is 0.305 e. The Hall–Kier alpha value is -1.20. The van der Waals surface area contributed by atoms with Gasteiger partial charge in [0.2, 0.25) is 5.91 Å². The number of methoxy groups -OCH3 is 1. The monoisotopic (exact) mass is 329 g/mol. The lowest BCUT2D eigenvalue weighted by Crippen LogP contribution is -2.26. The molecule has 0 saturated carbocycles. The van der Waals surface area contributed by atoms with Gasteiger partial charge in [0.25, 0.3) is 0 Å². The van der Waals surface area contributed by atoms with Gasteiger partial charge in [-0.3, -0.25) is 9.59 Å². The minimum absolute atomic E-state index is 0.00659. The number of benzene rings is 1. The van der Waals surface area contributed by atoms with Crippen LogP contribution >= 0.6 is 23.4 Å². The molecule has 0 fully saturated rings. The average molecular weight is 330 g/mol. The van der Waals surface area contributed by atoms with E-state index < -0.39 is 0 Å². The van der Waals surface area contributed by atoms with Crippen LogP contribution in [0.2, 0.25) is 5.02 Å². The normalized spacial score (nSPS) is 10.2. The Bertz CT molecular complexity index is 468. The molecule has 1 rings (SSSR count). The van der Waals surface area contributed by atoms with Crippen LogP contribution in [0.1, 0.15) is 25.7 Å². The highest BCUT2D eigenvalue weighted by Crippen LogP contribution is 2.26. The SMILES string of the molecule is COC(=O)CCCCCNC(=O)CSc1ccccc1Cl. The summed E-state index contributed by atoms with van der Waals surface area (Å²) in [6, 6.07) is 7.46. The van der Waals surface area contributed by atoms with E-state index in [4.69, 9.17) is 11.6 Å². The summed E-state index contributed by atoms with van der Waals surface area (Å²) in [4.78, 5) is 23.5. The molecule has 0 unspecified atom stereocenters. The van der Waals surface area contributed by atoms with Gasteiger partial charge in [0.05, 0.1) is 17.9 Å². The van der Waals surface area contributed by atoms with Crippen LogP contribution in [0.4, 0.5) is 0 Å². The summed E-state index contributed by atoms with van der Waals surface area (Å²) in [5.74, 6) is 0.161. The van der Waals surface area contributed by atoms with E-state index >= 15 is 0 Å². The van der Waals surface area contributed by atoms with Crippen molar-refractivity contribution in [2.45, 2.75) is 30.6 Å². The first-order chi connectivity index (χ1) is 10.1. The second-order valence-electron chi connectivity index (χ2n) is 4.46. The first-order valence-electron chi connectivity index (χ1n) is 6.84. The van der Waals surface area contributed by atoms with E-state index in [2.05, 4.69) is 10.1 Å². The molecule has 1 N–H and O–H groups in total. The van der Waals surface area contributed by atoms with E-state index in [0.717, 1.165) is 24.2 Å². The molecule has 0 radical (unpaired) electrons. The zero-order valence-electron chi connectivity index (χ0n) is 12.1. The molecule has 0 aliphatic carbocycles. The number of thioether (sulfide) groups is 1. The highest BCUT2D eigenvalue weighted by atomic mass is 35.5. The van der Waals surface area contributed by atoms with Crippen molar-refractivity contribution < 1.29 is 14.3 Å². The van der Waals surface area contributed by atoms with Gasteiger partial charge in [0.1, 0.15) is 0 Å². The Kier molecular flexibility index (Phi) is 8.94. The molecule has 1 aromatic rings. The van der Waals surface area contributed by atoms with Crippen LogP contribution in [0.25, 0.3) is 0 Å². The van der Waals surface area contributed by atoms with Crippen LogP contribution in [0.3, 0.4) is 0 Å². The average Bonchev–Trinajstić information content (AvgIpc) is 2.49. The molecule has 4 nitrogen and oxygen atoms in total. The molecule has 6 heteroatoms. The van der Waals surface area contributed by atoms with Crippen LogP contribution in [0.5, 0.6) is 0 Å². The number of unbranched alkanes of at least 4 members (excludes halogenated alkanes) is 2. The van der Waals surface area contributed by atoms with Gasteiger partial charge in [-0.2, -0.15) is 0 Å². The van der Waals surface area contributed by atoms with Crippen molar-refractivity contribution in [1.29, 1.82) is 0 Å². The van der Waals surface area contributed by atoms with E-state index in [9.17, 15) is 9.59 Å². The summed E-state index contributed by atoms with van der Waals surface area (Å²) in [5.41, 5.74) is 0. The lowest BCUT2D eigenvalue weighted by Gasteiger charge is -2.06. The number of hydrogen-bond donors (Lipinski definition) is 1. The molecule has 0 aliphatic heterocycles. The number of carbonyl (C=O) groups is 2. The molecule has 0 aliphatic rings. The first-order valence-corrected chi connectivity index (χ1v) is 8.20. The fraction of sp³-hybridized carbons (Fsp3) is 0.467. The van der Waals surface area contributed by atoms with Gasteiger partial charge < -0.3 is 10.1 Å². The van der Waals surface area contributed by atoms with Gasteiger partial charge in [0.15, 0.2) is 0 Å². The van der Waals surface area contributed by atoms with Gasteiger partial charge in [-0.15, -0.1) is 11.8 Å². The van der Waals surface area contributed by atoms with Gasteiger partial charge in [0, 0.05) is 17.9 Å². The van der Waals surface area contributed by atoms with E-state index in [1.165, 1.54) is 18.9 Å². The predicted octanol–water partition coefficient (Wildman–Crippen LogP) is 3.28. The summed E-state index contributed by atoms with van der Waals surface area (Å²) < 4.78 is 4.56. The molecule has 1 aromatic carbocycles. The summed E-state index contributed by atoms with van der Waals surface area (Å²) in [7, 11) is 1.39. The van der Waals surface area contributed by atoms with Gasteiger partial charge in [-0.25, -0.2) is 0 Å². The van der Waals surface area contributed by atoms with Crippen LogP contribution in [-0.4, -0.2) is 31.3 Å². The quantitative estimate of drug-likeness (QED) is 0.429. The van der Waals surface area contributed by atoms with Crippen LogP contribution < -0.4 is 5.32 Å². The van der Waals surface area contributed by atoms with Crippen LogP contribution in [0, 0.1) is 0 Å². The lowest BCUT2D eigenvalue weighted by atomic mass is 10.2. The summed E-state index contributed by atoms with van der Waals surface area (Å²) >= 11 is 7.44. The Balaban J connectivity index is 2.07. The summed E-state index contributed by atoms with van der Waals surface area (Å²) in [6.45, 7) is 0.628. The molecule has 0 aromatic heterocycles. The van der Waals surface area contributed by atoms with E-state index in [-0.39, 0.29) is 11.9 Å². The Morgan fingerprint density at radius 2 is 2.00 bits per heavy atom. The van der Waals surface area contributed by atoms with Crippen LogP contribution in [0.15, 0.2) is 29.2 Å². The number of nitrogens with one attached hydrogen (secondary N) is 1. The molecular formula is C15H20ClNO3S. The van der Waals surface area contributed by atoms with Gasteiger partial charge in [-0.05, 0) is 25.0 Å². The number of rotatable bonds is 9. The fourth-order valence-electron chi connectivity index (χ4n) is 1.66. The van der Waals surface area contributed by atoms with E-state index in [1.54, 1.807) is 0 Å². The molecule has 116 valence electrons. The van der Waals surface area contributed by atoms with Crippen LogP contribution in [-0.2, 0) is 14.3 Å². The maximum absolute atomic E-state index is 11.7. The molecule has 0 atom stereocenters. The molecule has 21 heavy (non-hydrogen) atoms. The molecule has 0 heterocycles. The van der Waals surface area contributed by atoms with Crippen molar-refractivity contribution in [3.63, 3.8) is 0 Å². The largest absolute Gasteiger partial charge is 0.469 e. The lowest BCUT2D eigenvalue weighted by molar-refractivity contribution is -0.140. The number of hydrogen-bond acceptors (Lipinski definition) is 4. The van der Waals surface area contributed by atoms with Crippen molar-refractivity contribution >= 4 is 35.2 Å². The van der Waals surface area contributed by atoms with E-state index in [1.807, 2.05) is 24.3 Å². The highest BCUT2D eigenvalue weighted by Gasteiger charge is 2.05. The van der Waals surface area contributed by atoms with Crippen molar-refractivity contribution in [3.8, 4) is 0 Å². The second-order valence-corrected chi connectivity index (χ2v) is 5.88. The third kappa shape index (κ3) is 7.97. The second kappa shape index (κ2) is 10.5. The Morgan fingerprint density at radius 1 is 1.24 bits per heavy atom. The highest BCUT2D eigenvalue weighted by molar-refractivity contribution is 8.00. The van der Waals surface area contributed by atoms with Gasteiger partial charge in [-0.1, -0.05) is 30.2 Å². The summed E-state index contributed by atoms with van der Waals surface area (Å²) in [6.07, 6.45) is 2.98. The third-order valence-corrected chi connectivity index (χ3v) is 4.32. The molecule has 0 saturated heterocycles. The van der Waals surface area contributed by atoms with E-state index in [0.29, 0.717) is 23.7 Å². The van der Waals surface area contributed by atoms with Crippen molar-refractivity contribution in [1.82, 2.24) is 5.32 Å². The minimum Gasteiger partial charge on any atom is -0.469 e. The number of halogens is 1. The minimum atomic E-state index is -0.185. The third-order valence-electron chi connectivity index (χ3n) is 2.80. The van der Waals surface area contributed by atoms with Crippen molar-refractivity contribution in [2.75, 3.05) is 19.4 Å². The maximum atomic E-state index is 11.7. The standard InChI is InChI=1S/C15H20ClNO3S/c1-20-15(19)9-3-2-6-10-17-14(18)11-21-13-8-5-4-7-12(13)16/h4-5,7-8H,2-3,6,9-11H2,1H3,(H,17,18). The number of carbonyl (C=O) groups excluding carboxylic acids is 2. The molecule has 0 spiro atoms. The number of ether oxygens (including phenoxy) is 1. The zero-order valence-corrected chi connectivity index (χ0v) is 13.6.